The first kappa shape index (κ1) is 23.9. The first-order valence-electron chi connectivity index (χ1n) is 9.09. The summed E-state index contributed by atoms with van der Waals surface area (Å²) in [4.78, 5) is 24.9. The van der Waals surface area contributed by atoms with E-state index < -0.39 is 11.7 Å². The van der Waals surface area contributed by atoms with E-state index in [2.05, 4.69) is 38.5 Å². The van der Waals surface area contributed by atoms with Crippen LogP contribution in [-0.4, -0.2) is 24.0 Å². The van der Waals surface area contributed by atoms with Gasteiger partial charge in [-0.15, -0.1) is 0 Å². The van der Waals surface area contributed by atoms with E-state index in [1.807, 2.05) is 0 Å². The summed E-state index contributed by atoms with van der Waals surface area (Å²) in [6.07, 6.45) is 0. The molecule has 164 valence electrons. The van der Waals surface area contributed by atoms with E-state index >= 15 is 0 Å². The van der Waals surface area contributed by atoms with Crippen LogP contribution in [0, 0.1) is 9.39 Å². The molecule has 0 radical (unpaired) electrons. The fraction of sp³-hybridized carbons (Fsp3) is 0.0455. The van der Waals surface area contributed by atoms with Crippen LogP contribution in [0.4, 0.5) is 15.8 Å². The van der Waals surface area contributed by atoms with E-state index in [1.165, 1.54) is 18.2 Å². The molecule has 0 aliphatic rings. The third kappa shape index (κ3) is 6.15. The molecule has 0 aliphatic heterocycles. The predicted octanol–water partition coefficient (Wildman–Crippen LogP) is 5.47. The van der Waals surface area contributed by atoms with Gasteiger partial charge >= 0.3 is 0 Å². The Balaban J connectivity index is 1.64. The lowest BCUT2D eigenvalue weighted by molar-refractivity contribution is 0.0976. The summed E-state index contributed by atoms with van der Waals surface area (Å²) in [5, 5.41) is 8.10. The SMILES string of the molecule is COc1ccc(C(=O)NC(=S)Nc2cccc(C(=O)Nc3ccc(F)c(Cl)c3)c2)cc1I. The second kappa shape index (κ2) is 10.7. The minimum atomic E-state index is -0.573. The molecule has 0 heterocycles. The maximum Gasteiger partial charge on any atom is 0.257 e. The number of nitrogens with one attached hydrogen (secondary N) is 3. The zero-order chi connectivity index (χ0) is 23.3. The second-order valence-electron chi connectivity index (χ2n) is 6.42. The molecule has 3 N–H and O–H groups in total. The van der Waals surface area contributed by atoms with Crippen molar-refractivity contribution in [3.8, 4) is 5.75 Å². The Labute approximate surface area is 207 Å². The zero-order valence-corrected chi connectivity index (χ0v) is 20.3. The molecular weight excluding hydrogens is 568 g/mol. The van der Waals surface area contributed by atoms with Crippen LogP contribution in [0.5, 0.6) is 5.75 Å². The number of rotatable bonds is 5. The van der Waals surface area contributed by atoms with E-state index in [0.717, 1.165) is 3.57 Å². The standard InChI is InChI=1S/C22H16ClFIN3O3S/c1-31-19-8-5-13(10-18(19)25)21(30)28-22(32)27-14-4-2-3-12(9-14)20(29)26-15-6-7-17(24)16(23)11-15/h2-11H,1H3,(H,26,29)(H2,27,28,30,32). The molecule has 0 fully saturated rings. The van der Waals surface area contributed by atoms with Crippen molar-refractivity contribution in [2.24, 2.45) is 0 Å². The van der Waals surface area contributed by atoms with Crippen molar-refractivity contribution >= 4 is 74.7 Å². The highest BCUT2D eigenvalue weighted by molar-refractivity contribution is 14.1. The third-order valence-electron chi connectivity index (χ3n) is 4.20. The van der Waals surface area contributed by atoms with Crippen LogP contribution in [0.1, 0.15) is 20.7 Å². The highest BCUT2D eigenvalue weighted by atomic mass is 127. The fourth-order valence-corrected chi connectivity index (χ4v) is 3.79. The van der Waals surface area contributed by atoms with Crippen LogP contribution in [0.25, 0.3) is 0 Å². The summed E-state index contributed by atoms with van der Waals surface area (Å²) in [5.41, 5.74) is 1.61. The molecule has 0 aromatic heterocycles. The van der Waals surface area contributed by atoms with Crippen LogP contribution in [0.3, 0.4) is 0 Å². The van der Waals surface area contributed by atoms with Crippen molar-refractivity contribution in [3.63, 3.8) is 0 Å². The summed E-state index contributed by atoms with van der Waals surface area (Å²) in [6.45, 7) is 0. The summed E-state index contributed by atoms with van der Waals surface area (Å²) in [6, 6.07) is 15.4. The monoisotopic (exact) mass is 583 g/mol. The van der Waals surface area contributed by atoms with E-state index in [0.29, 0.717) is 28.3 Å². The molecular formula is C22H16ClFIN3O3S. The van der Waals surface area contributed by atoms with Crippen molar-refractivity contribution < 1.29 is 18.7 Å². The number of hydrogen-bond donors (Lipinski definition) is 3. The van der Waals surface area contributed by atoms with Crippen LogP contribution < -0.4 is 20.7 Å². The highest BCUT2D eigenvalue weighted by Crippen LogP contribution is 2.22. The Bertz CT molecular complexity index is 1210. The predicted molar refractivity (Wildman–Crippen MR) is 135 cm³/mol. The maximum absolute atomic E-state index is 13.3. The van der Waals surface area contributed by atoms with Crippen molar-refractivity contribution in [2.75, 3.05) is 17.7 Å². The normalized spacial score (nSPS) is 10.2. The van der Waals surface area contributed by atoms with Crippen molar-refractivity contribution in [3.05, 3.63) is 86.2 Å². The number of methoxy groups -OCH3 is 1. The lowest BCUT2D eigenvalue weighted by Gasteiger charge is -2.12. The fourth-order valence-electron chi connectivity index (χ4n) is 2.66. The van der Waals surface area contributed by atoms with Gasteiger partial charge in [0.1, 0.15) is 11.6 Å². The molecule has 32 heavy (non-hydrogen) atoms. The molecule has 3 aromatic carbocycles. The number of ether oxygens (including phenoxy) is 1. The summed E-state index contributed by atoms with van der Waals surface area (Å²) in [5.74, 6) is -0.708. The van der Waals surface area contributed by atoms with Crippen molar-refractivity contribution in [1.82, 2.24) is 5.32 Å². The lowest BCUT2D eigenvalue weighted by atomic mass is 10.2. The smallest absolute Gasteiger partial charge is 0.257 e. The van der Waals surface area contributed by atoms with E-state index in [4.69, 9.17) is 28.6 Å². The summed E-state index contributed by atoms with van der Waals surface area (Å²) >= 11 is 13.0. The first-order chi connectivity index (χ1) is 15.3. The van der Waals surface area contributed by atoms with Crippen LogP contribution >= 0.6 is 46.4 Å². The average Bonchev–Trinajstić information content (AvgIpc) is 2.76. The van der Waals surface area contributed by atoms with Crippen LogP contribution in [-0.2, 0) is 0 Å². The molecule has 0 saturated heterocycles. The van der Waals surface area contributed by atoms with E-state index in [9.17, 15) is 14.0 Å². The Morgan fingerprint density at radius 1 is 0.969 bits per heavy atom. The van der Waals surface area contributed by atoms with Crippen molar-refractivity contribution in [2.45, 2.75) is 0 Å². The lowest BCUT2D eigenvalue weighted by Crippen LogP contribution is -2.34. The molecule has 0 saturated carbocycles. The molecule has 0 aliphatic carbocycles. The van der Waals surface area contributed by atoms with Gasteiger partial charge in [0.05, 0.1) is 15.7 Å². The van der Waals surface area contributed by atoms with Gasteiger partial charge in [-0.25, -0.2) is 4.39 Å². The molecule has 0 bridgehead atoms. The van der Waals surface area contributed by atoms with E-state index in [1.54, 1.807) is 49.6 Å². The number of carbonyl (C=O) groups is 2. The average molecular weight is 584 g/mol. The number of amides is 2. The number of thiocarbonyl (C=S) groups is 1. The number of hydrogen-bond acceptors (Lipinski definition) is 4. The molecule has 2 amide bonds. The minimum Gasteiger partial charge on any atom is -0.496 e. The molecule has 3 aromatic rings. The Hall–Kier alpha value is -2.76. The van der Waals surface area contributed by atoms with Gasteiger partial charge in [-0.1, -0.05) is 17.7 Å². The van der Waals surface area contributed by atoms with Gasteiger partial charge in [-0.05, 0) is 89.4 Å². The number of benzene rings is 3. The third-order valence-corrected chi connectivity index (χ3v) is 5.54. The molecule has 3 rings (SSSR count). The number of carbonyl (C=O) groups excluding carboxylic acids is 2. The summed E-state index contributed by atoms with van der Waals surface area (Å²) < 4.78 is 19.3. The van der Waals surface area contributed by atoms with E-state index in [-0.39, 0.29) is 16.0 Å². The molecule has 6 nitrogen and oxygen atoms in total. The second-order valence-corrected chi connectivity index (χ2v) is 8.40. The molecule has 10 heteroatoms. The topological polar surface area (TPSA) is 79.5 Å². The Morgan fingerprint density at radius 2 is 1.69 bits per heavy atom. The first-order valence-corrected chi connectivity index (χ1v) is 11.0. The summed E-state index contributed by atoms with van der Waals surface area (Å²) in [7, 11) is 1.56. The van der Waals surface area contributed by atoms with Gasteiger partial charge in [0.2, 0.25) is 0 Å². The highest BCUT2D eigenvalue weighted by Gasteiger charge is 2.12. The van der Waals surface area contributed by atoms with Gasteiger partial charge in [0.15, 0.2) is 5.11 Å². The van der Waals surface area contributed by atoms with Gasteiger partial charge in [0, 0.05) is 22.5 Å². The Kier molecular flexibility index (Phi) is 7.99. The number of anilines is 2. The molecule has 0 atom stereocenters. The maximum atomic E-state index is 13.3. The molecule has 0 unspecified atom stereocenters. The number of halogens is 3. The Morgan fingerprint density at radius 3 is 2.38 bits per heavy atom. The van der Waals surface area contributed by atoms with Gasteiger partial charge < -0.3 is 15.4 Å². The zero-order valence-electron chi connectivity index (χ0n) is 16.5. The van der Waals surface area contributed by atoms with Crippen molar-refractivity contribution in [1.29, 1.82) is 0 Å². The van der Waals surface area contributed by atoms with Gasteiger partial charge in [0.25, 0.3) is 11.8 Å². The quantitative estimate of drug-likeness (QED) is 0.274. The van der Waals surface area contributed by atoms with Crippen LogP contribution in [0.15, 0.2) is 60.7 Å². The molecule has 0 spiro atoms. The van der Waals surface area contributed by atoms with Gasteiger partial charge in [-0.3, -0.25) is 14.9 Å². The minimum absolute atomic E-state index is 0.0729. The largest absolute Gasteiger partial charge is 0.496 e. The van der Waals surface area contributed by atoms with Gasteiger partial charge in [-0.2, -0.15) is 0 Å². The van der Waals surface area contributed by atoms with Crippen LogP contribution in [0.2, 0.25) is 5.02 Å².